The zero-order chi connectivity index (χ0) is 19.2. The van der Waals surface area contributed by atoms with Crippen LogP contribution in [0.5, 0.6) is 0 Å². The number of rotatable bonds is 2. The second-order valence-corrected chi connectivity index (χ2v) is 7.87. The van der Waals surface area contributed by atoms with E-state index < -0.39 is 0 Å². The van der Waals surface area contributed by atoms with Gasteiger partial charge in [0.2, 0.25) is 0 Å². The van der Waals surface area contributed by atoms with Crippen molar-refractivity contribution in [3.63, 3.8) is 0 Å². The number of hydrogen-bond donors (Lipinski definition) is 0. The van der Waals surface area contributed by atoms with Crippen molar-refractivity contribution in [3.05, 3.63) is 85.2 Å². The van der Waals surface area contributed by atoms with E-state index in [2.05, 4.69) is 45.3 Å². The van der Waals surface area contributed by atoms with Crippen molar-refractivity contribution >= 4 is 43.2 Å². The maximum atomic E-state index is 4.85. The molecule has 0 aliphatic rings. The predicted molar refractivity (Wildman–Crippen MR) is 119 cm³/mol. The molecule has 0 unspecified atom stereocenters. The van der Waals surface area contributed by atoms with Gasteiger partial charge in [0, 0.05) is 28.7 Å². The van der Waals surface area contributed by atoms with Crippen LogP contribution in [0.1, 0.15) is 0 Å². The Morgan fingerprint density at radius 3 is 2.41 bits per heavy atom. The van der Waals surface area contributed by atoms with Gasteiger partial charge in [-0.1, -0.05) is 48.5 Å². The van der Waals surface area contributed by atoms with Crippen LogP contribution in [0.2, 0.25) is 0 Å². The van der Waals surface area contributed by atoms with E-state index in [9.17, 15) is 0 Å². The average molecular weight is 390 g/mol. The molecular weight excluding hydrogens is 376 g/mol. The maximum absolute atomic E-state index is 4.85. The molecule has 3 aromatic heterocycles. The molecule has 29 heavy (non-hydrogen) atoms. The molecule has 0 N–H and O–H groups in total. The van der Waals surface area contributed by atoms with E-state index in [0.29, 0.717) is 5.82 Å². The van der Waals surface area contributed by atoms with Crippen molar-refractivity contribution in [1.29, 1.82) is 0 Å². The Kier molecular flexibility index (Phi) is 3.61. The standard InChI is InChI=1S/C24H14N4S/c1-2-6-18-15(5-1)9-10-16-13-26-23(28-22(16)18)17-11-12-20(25-14-17)24-27-19-7-3-4-8-21(19)29-24/h1-14H. The van der Waals surface area contributed by atoms with Crippen LogP contribution in [0.4, 0.5) is 0 Å². The summed E-state index contributed by atoms with van der Waals surface area (Å²) in [6.07, 6.45) is 3.71. The van der Waals surface area contributed by atoms with Gasteiger partial charge in [-0.25, -0.2) is 15.0 Å². The van der Waals surface area contributed by atoms with Crippen molar-refractivity contribution in [3.8, 4) is 22.1 Å². The Balaban J connectivity index is 1.43. The maximum Gasteiger partial charge on any atom is 0.161 e. The Morgan fingerprint density at radius 1 is 0.655 bits per heavy atom. The third-order valence-corrected chi connectivity index (χ3v) is 6.07. The van der Waals surface area contributed by atoms with Crippen LogP contribution < -0.4 is 0 Å². The smallest absolute Gasteiger partial charge is 0.161 e. The molecule has 3 aromatic carbocycles. The number of pyridine rings is 1. The van der Waals surface area contributed by atoms with Gasteiger partial charge in [-0.15, -0.1) is 11.3 Å². The molecule has 0 fully saturated rings. The second-order valence-electron chi connectivity index (χ2n) is 6.84. The normalized spacial score (nSPS) is 11.4. The SMILES string of the molecule is c1ccc2c(c1)ccc1cnc(-c3ccc(-c4nc5ccccc5s4)nc3)nc12. The van der Waals surface area contributed by atoms with Crippen LogP contribution in [-0.2, 0) is 0 Å². The van der Waals surface area contributed by atoms with E-state index >= 15 is 0 Å². The van der Waals surface area contributed by atoms with E-state index in [-0.39, 0.29) is 0 Å². The molecule has 0 atom stereocenters. The fraction of sp³-hybridized carbons (Fsp3) is 0. The molecule has 0 bridgehead atoms. The van der Waals surface area contributed by atoms with Gasteiger partial charge in [0.05, 0.1) is 21.4 Å². The molecule has 3 heterocycles. The Morgan fingerprint density at radius 2 is 1.52 bits per heavy atom. The summed E-state index contributed by atoms with van der Waals surface area (Å²) in [6.45, 7) is 0. The summed E-state index contributed by atoms with van der Waals surface area (Å²) in [4.78, 5) is 18.7. The Bertz CT molecular complexity index is 1470. The highest BCUT2D eigenvalue weighted by Gasteiger charge is 2.10. The van der Waals surface area contributed by atoms with Crippen LogP contribution in [0.3, 0.4) is 0 Å². The fourth-order valence-corrected chi connectivity index (χ4v) is 4.48. The van der Waals surface area contributed by atoms with Gasteiger partial charge < -0.3 is 0 Å². The number of hydrogen-bond acceptors (Lipinski definition) is 5. The lowest BCUT2D eigenvalue weighted by atomic mass is 10.1. The third kappa shape index (κ3) is 2.75. The van der Waals surface area contributed by atoms with Crippen LogP contribution in [-0.4, -0.2) is 19.9 Å². The number of nitrogens with zero attached hydrogens (tertiary/aromatic N) is 4. The molecule has 0 aliphatic carbocycles. The molecule has 5 heteroatoms. The fourth-order valence-electron chi connectivity index (χ4n) is 3.54. The van der Waals surface area contributed by atoms with Gasteiger partial charge in [0.1, 0.15) is 5.01 Å². The lowest BCUT2D eigenvalue weighted by molar-refractivity contribution is 1.21. The van der Waals surface area contributed by atoms with Crippen LogP contribution >= 0.6 is 11.3 Å². The van der Waals surface area contributed by atoms with E-state index in [1.807, 2.05) is 54.9 Å². The number of para-hydroxylation sites is 1. The minimum absolute atomic E-state index is 0.678. The molecule has 0 radical (unpaired) electrons. The minimum Gasteiger partial charge on any atom is -0.253 e. The van der Waals surface area contributed by atoms with Crippen molar-refractivity contribution in [2.24, 2.45) is 0 Å². The zero-order valence-corrected chi connectivity index (χ0v) is 16.1. The zero-order valence-electron chi connectivity index (χ0n) is 15.3. The highest BCUT2D eigenvalue weighted by atomic mass is 32.1. The van der Waals surface area contributed by atoms with Gasteiger partial charge in [-0.3, -0.25) is 4.98 Å². The quantitative estimate of drug-likeness (QED) is 0.334. The van der Waals surface area contributed by atoms with E-state index in [4.69, 9.17) is 4.98 Å². The van der Waals surface area contributed by atoms with Gasteiger partial charge in [-0.05, 0) is 29.7 Å². The Hall–Kier alpha value is -3.70. The molecule has 0 spiro atoms. The molecule has 136 valence electrons. The molecule has 0 saturated carbocycles. The molecule has 4 nitrogen and oxygen atoms in total. The van der Waals surface area contributed by atoms with E-state index in [1.165, 1.54) is 5.39 Å². The van der Waals surface area contributed by atoms with Gasteiger partial charge in [0.15, 0.2) is 5.82 Å². The first-order valence-corrected chi connectivity index (χ1v) is 10.1. The Labute approximate surface area is 170 Å². The van der Waals surface area contributed by atoms with Crippen molar-refractivity contribution < 1.29 is 0 Å². The van der Waals surface area contributed by atoms with E-state index in [1.54, 1.807) is 11.3 Å². The van der Waals surface area contributed by atoms with Crippen LogP contribution in [0, 0.1) is 0 Å². The number of aromatic nitrogens is 4. The second kappa shape index (κ2) is 6.43. The van der Waals surface area contributed by atoms with Crippen molar-refractivity contribution in [2.75, 3.05) is 0 Å². The molecule has 6 aromatic rings. The van der Waals surface area contributed by atoms with Crippen LogP contribution in [0.15, 0.2) is 85.2 Å². The topological polar surface area (TPSA) is 51.6 Å². The van der Waals surface area contributed by atoms with Crippen LogP contribution in [0.25, 0.3) is 54.0 Å². The number of benzene rings is 3. The van der Waals surface area contributed by atoms with Crippen molar-refractivity contribution in [2.45, 2.75) is 0 Å². The summed E-state index contributed by atoms with van der Waals surface area (Å²) in [5.41, 5.74) is 3.72. The lowest BCUT2D eigenvalue weighted by Crippen LogP contribution is -1.92. The first-order valence-electron chi connectivity index (χ1n) is 9.32. The first-order chi connectivity index (χ1) is 14.3. The first kappa shape index (κ1) is 16.3. The molecule has 0 amide bonds. The highest BCUT2D eigenvalue weighted by Crippen LogP contribution is 2.30. The molecule has 0 aliphatic heterocycles. The molecule has 0 saturated heterocycles. The van der Waals surface area contributed by atoms with Crippen molar-refractivity contribution in [1.82, 2.24) is 19.9 Å². The lowest BCUT2D eigenvalue weighted by Gasteiger charge is -2.06. The number of thiazole rings is 1. The summed E-state index contributed by atoms with van der Waals surface area (Å²) in [5.74, 6) is 0.678. The monoisotopic (exact) mass is 390 g/mol. The van der Waals surface area contributed by atoms with Gasteiger partial charge in [0.25, 0.3) is 0 Å². The molecule has 6 rings (SSSR count). The molecular formula is C24H14N4S. The van der Waals surface area contributed by atoms with E-state index in [0.717, 1.165) is 42.8 Å². The third-order valence-electron chi connectivity index (χ3n) is 5.01. The summed E-state index contributed by atoms with van der Waals surface area (Å²) in [5, 5.41) is 4.26. The van der Waals surface area contributed by atoms with Gasteiger partial charge in [-0.2, -0.15) is 0 Å². The minimum atomic E-state index is 0.678. The average Bonchev–Trinajstić information content (AvgIpc) is 3.23. The summed E-state index contributed by atoms with van der Waals surface area (Å²) in [6, 6.07) is 24.6. The summed E-state index contributed by atoms with van der Waals surface area (Å²) in [7, 11) is 0. The summed E-state index contributed by atoms with van der Waals surface area (Å²) < 4.78 is 1.16. The predicted octanol–water partition coefficient (Wildman–Crippen LogP) is 6.12. The highest BCUT2D eigenvalue weighted by molar-refractivity contribution is 7.21. The summed E-state index contributed by atoms with van der Waals surface area (Å²) >= 11 is 1.65. The number of fused-ring (bicyclic) bond motifs is 4. The van der Waals surface area contributed by atoms with Gasteiger partial charge >= 0.3 is 0 Å². The largest absolute Gasteiger partial charge is 0.253 e.